The van der Waals surface area contributed by atoms with Crippen molar-refractivity contribution in [3.63, 3.8) is 0 Å². The van der Waals surface area contributed by atoms with Gasteiger partial charge in [0.1, 0.15) is 4.88 Å². The lowest BCUT2D eigenvalue weighted by molar-refractivity contribution is 0.0607. The van der Waals surface area contributed by atoms with E-state index in [9.17, 15) is 9.59 Å². The van der Waals surface area contributed by atoms with Gasteiger partial charge in [-0.2, -0.15) is 0 Å². The average molecular weight is 397 g/mol. The number of anilines is 1. The van der Waals surface area contributed by atoms with Crippen molar-refractivity contribution in [3.8, 4) is 21.9 Å². The molecule has 0 aliphatic heterocycles. The van der Waals surface area contributed by atoms with Gasteiger partial charge in [0, 0.05) is 4.88 Å². The number of rotatable bonds is 6. The van der Waals surface area contributed by atoms with Crippen molar-refractivity contribution in [2.75, 3.05) is 26.6 Å². The lowest BCUT2D eigenvalue weighted by atomic mass is 10.1. The van der Waals surface area contributed by atoms with Crippen LogP contribution in [0, 0.1) is 0 Å². The zero-order chi connectivity index (χ0) is 20.1. The molecule has 1 heterocycles. The zero-order valence-corrected chi connectivity index (χ0v) is 16.5. The standard InChI is InChI=1S/C21H19NO5S/c1-25-16-11-7-10-14(18(16)26-2)20(23)22-15-12-17(13-8-5-4-6-9-13)28-19(15)21(24)27-3/h4-12H,1-3H3,(H,22,23). The molecule has 1 aromatic heterocycles. The maximum Gasteiger partial charge on any atom is 0.350 e. The number of carbonyl (C=O) groups excluding carboxylic acids is 2. The van der Waals surface area contributed by atoms with Crippen molar-refractivity contribution in [1.29, 1.82) is 0 Å². The molecule has 2 aromatic carbocycles. The van der Waals surface area contributed by atoms with Crippen LogP contribution in [0.3, 0.4) is 0 Å². The first-order valence-electron chi connectivity index (χ1n) is 8.39. The summed E-state index contributed by atoms with van der Waals surface area (Å²) in [5.74, 6) is -0.169. The summed E-state index contributed by atoms with van der Waals surface area (Å²) in [7, 11) is 4.27. The van der Waals surface area contributed by atoms with Crippen LogP contribution >= 0.6 is 11.3 Å². The van der Waals surface area contributed by atoms with E-state index in [0.717, 1.165) is 10.4 Å². The molecule has 1 N–H and O–H groups in total. The van der Waals surface area contributed by atoms with E-state index in [4.69, 9.17) is 14.2 Å². The van der Waals surface area contributed by atoms with Crippen molar-refractivity contribution >= 4 is 28.9 Å². The molecule has 6 nitrogen and oxygen atoms in total. The van der Waals surface area contributed by atoms with Gasteiger partial charge >= 0.3 is 5.97 Å². The molecule has 0 radical (unpaired) electrons. The normalized spacial score (nSPS) is 10.2. The van der Waals surface area contributed by atoms with Gasteiger partial charge in [-0.3, -0.25) is 4.79 Å². The Morgan fingerprint density at radius 3 is 2.32 bits per heavy atom. The lowest BCUT2D eigenvalue weighted by Gasteiger charge is -2.12. The van der Waals surface area contributed by atoms with Crippen molar-refractivity contribution < 1.29 is 23.8 Å². The third-order valence-electron chi connectivity index (χ3n) is 4.06. The Morgan fingerprint density at radius 2 is 1.68 bits per heavy atom. The second-order valence-electron chi connectivity index (χ2n) is 5.71. The van der Waals surface area contributed by atoms with Crippen LogP contribution in [0.1, 0.15) is 20.0 Å². The molecule has 0 atom stereocenters. The third-order valence-corrected chi connectivity index (χ3v) is 5.22. The highest BCUT2D eigenvalue weighted by Crippen LogP contribution is 2.36. The second-order valence-corrected chi connectivity index (χ2v) is 6.76. The average Bonchev–Trinajstić information content (AvgIpc) is 3.16. The summed E-state index contributed by atoms with van der Waals surface area (Å²) >= 11 is 1.25. The Hall–Kier alpha value is -3.32. The van der Waals surface area contributed by atoms with Gasteiger partial charge in [0.2, 0.25) is 0 Å². The zero-order valence-electron chi connectivity index (χ0n) is 15.6. The Bertz CT molecular complexity index is 997. The van der Waals surface area contributed by atoms with E-state index in [1.165, 1.54) is 32.7 Å². The van der Waals surface area contributed by atoms with Gasteiger partial charge in [-0.25, -0.2) is 4.79 Å². The highest BCUT2D eigenvalue weighted by Gasteiger charge is 2.22. The summed E-state index contributed by atoms with van der Waals surface area (Å²) in [6.07, 6.45) is 0. The molecule has 28 heavy (non-hydrogen) atoms. The van der Waals surface area contributed by atoms with Crippen molar-refractivity contribution in [2.24, 2.45) is 0 Å². The Balaban J connectivity index is 1.99. The van der Waals surface area contributed by atoms with Gasteiger partial charge in [-0.1, -0.05) is 36.4 Å². The molecule has 3 rings (SSSR count). The number of benzene rings is 2. The number of ether oxygens (including phenoxy) is 3. The Labute approximate surface area is 166 Å². The topological polar surface area (TPSA) is 73.9 Å². The van der Waals surface area contributed by atoms with Gasteiger partial charge in [0.15, 0.2) is 11.5 Å². The number of methoxy groups -OCH3 is 3. The summed E-state index contributed by atoms with van der Waals surface area (Å²) < 4.78 is 15.4. The van der Waals surface area contributed by atoms with Crippen molar-refractivity contribution in [2.45, 2.75) is 0 Å². The number of para-hydroxylation sites is 1. The van der Waals surface area contributed by atoms with Crippen LogP contribution in [0.5, 0.6) is 11.5 Å². The highest BCUT2D eigenvalue weighted by molar-refractivity contribution is 7.18. The summed E-state index contributed by atoms with van der Waals surface area (Å²) in [5.41, 5.74) is 1.62. The Kier molecular flexibility index (Phi) is 5.96. The van der Waals surface area contributed by atoms with E-state index in [0.29, 0.717) is 27.6 Å². The predicted molar refractivity (Wildman–Crippen MR) is 109 cm³/mol. The molecule has 0 saturated heterocycles. The monoisotopic (exact) mass is 397 g/mol. The number of esters is 1. The predicted octanol–water partition coefficient (Wildman–Crippen LogP) is 4.47. The van der Waals surface area contributed by atoms with Gasteiger partial charge in [0.05, 0.1) is 32.6 Å². The molecule has 0 bridgehead atoms. The van der Waals surface area contributed by atoms with E-state index < -0.39 is 11.9 Å². The fraction of sp³-hybridized carbons (Fsp3) is 0.143. The molecule has 0 spiro atoms. The van der Waals surface area contributed by atoms with E-state index in [1.54, 1.807) is 24.3 Å². The molecule has 0 unspecified atom stereocenters. The number of hydrogen-bond acceptors (Lipinski definition) is 6. The molecular formula is C21H19NO5S. The summed E-state index contributed by atoms with van der Waals surface area (Å²) in [5, 5.41) is 2.79. The van der Waals surface area contributed by atoms with Gasteiger partial charge in [-0.05, 0) is 23.8 Å². The van der Waals surface area contributed by atoms with E-state index in [-0.39, 0.29) is 0 Å². The maximum atomic E-state index is 12.9. The fourth-order valence-electron chi connectivity index (χ4n) is 2.73. The van der Waals surface area contributed by atoms with Crippen molar-refractivity contribution in [1.82, 2.24) is 0 Å². The van der Waals surface area contributed by atoms with Gasteiger partial charge < -0.3 is 19.5 Å². The molecule has 0 fully saturated rings. The van der Waals surface area contributed by atoms with Crippen LogP contribution in [-0.4, -0.2) is 33.2 Å². The number of hydrogen-bond donors (Lipinski definition) is 1. The maximum absolute atomic E-state index is 12.9. The smallest absolute Gasteiger partial charge is 0.350 e. The summed E-state index contributed by atoms with van der Waals surface area (Å²) in [6.45, 7) is 0. The second kappa shape index (κ2) is 8.58. The fourth-order valence-corrected chi connectivity index (χ4v) is 3.77. The molecule has 7 heteroatoms. The molecule has 144 valence electrons. The summed E-state index contributed by atoms with van der Waals surface area (Å²) in [4.78, 5) is 26.2. The Morgan fingerprint density at radius 1 is 0.929 bits per heavy atom. The van der Waals surface area contributed by atoms with Crippen LogP contribution in [0.25, 0.3) is 10.4 Å². The van der Waals surface area contributed by atoms with Gasteiger partial charge in [0.25, 0.3) is 5.91 Å². The van der Waals surface area contributed by atoms with E-state index >= 15 is 0 Å². The van der Waals surface area contributed by atoms with Crippen LogP contribution in [0.4, 0.5) is 5.69 Å². The van der Waals surface area contributed by atoms with Crippen LogP contribution in [-0.2, 0) is 4.74 Å². The number of nitrogens with one attached hydrogen (secondary N) is 1. The van der Waals surface area contributed by atoms with Crippen molar-refractivity contribution in [3.05, 3.63) is 65.0 Å². The molecule has 3 aromatic rings. The minimum atomic E-state index is -0.514. The van der Waals surface area contributed by atoms with E-state index in [1.807, 2.05) is 30.3 Å². The quantitative estimate of drug-likeness (QED) is 0.621. The first-order chi connectivity index (χ1) is 13.6. The lowest BCUT2D eigenvalue weighted by Crippen LogP contribution is -2.15. The van der Waals surface area contributed by atoms with Crippen LogP contribution in [0.2, 0.25) is 0 Å². The summed E-state index contributed by atoms with van der Waals surface area (Å²) in [6, 6.07) is 16.4. The van der Waals surface area contributed by atoms with Crippen LogP contribution < -0.4 is 14.8 Å². The first-order valence-corrected chi connectivity index (χ1v) is 9.20. The number of thiophene rings is 1. The molecule has 1 amide bonds. The first kappa shape index (κ1) is 19.4. The molecule has 0 saturated carbocycles. The highest BCUT2D eigenvalue weighted by atomic mass is 32.1. The minimum Gasteiger partial charge on any atom is -0.493 e. The number of carbonyl (C=O) groups is 2. The van der Waals surface area contributed by atoms with Gasteiger partial charge in [-0.15, -0.1) is 11.3 Å². The van der Waals surface area contributed by atoms with Crippen LogP contribution in [0.15, 0.2) is 54.6 Å². The van der Waals surface area contributed by atoms with E-state index in [2.05, 4.69) is 5.32 Å². The number of amides is 1. The molecule has 0 aliphatic carbocycles. The molecular weight excluding hydrogens is 378 g/mol. The largest absolute Gasteiger partial charge is 0.493 e. The third kappa shape index (κ3) is 3.84. The molecule has 0 aliphatic rings. The SMILES string of the molecule is COC(=O)c1sc(-c2ccccc2)cc1NC(=O)c1cccc(OC)c1OC. The minimum absolute atomic E-state index is 0.296.